The van der Waals surface area contributed by atoms with Gasteiger partial charge >= 0.3 is 6.03 Å². The van der Waals surface area contributed by atoms with Crippen molar-refractivity contribution in [1.29, 1.82) is 0 Å². The Morgan fingerprint density at radius 2 is 1.91 bits per heavy atom. The van der Waals surface area contributed by atoms with Crippen LogP contribution in [-0.2, 0) is 0 Å². The fraction of sp³-hybridized carbons (Fsp3) is 0. The van der Waals surface area contributed by atoms with Gasteiger partial charge in [-0.3, -0.25) is 10.3 Å². The second-order valence-electron chi connectivity index (χ2n) is 4.36. The van der Waals surface area contributed by atoms with Crippen LogP contribution in [0.4, 0.5) is 20.0 Å². The van der Waals surface area contributed by atoms with Gasteiger partial charge in [-0.05, 0) is 30.3 Å². The third-order valence-corrected chi connectivity index (χ3v) is 3.93. The normalized spacial score (nSPS) is 10.3. The highest BCUT2D eigenvalue weighted by atomic mass is 35.5. The molecule has 2 aromatic heterocycles. The Morgan fingerprint density at radius 1 is 1.13 bits per heavy atom. The molecule has 1 aromatic carbocycles. The monoisotopic (exact) mass is 349 g/mol. The minimum absolute atomic E-state index is 0.0707. The van der Waals surface area contributed by atoms with E-state index in [0.29, 0.717) is 15.8 Å². The van der Waals surface area contributed by atoms with Gasteiger partial charge in [-0.15, -0.1) is 10.2 Å². The topological polar surface area (TPSA) is 79.8 Å². The summed E-state index contributed by atoms with van der Waals surface area (Å²) in [4.78, 5) is 15.8. The summed E-state index contributed by atoms with van der Waals surface area (Å²) in [5, 5.41) is 13.9. The van der Waals surface area contributed by atoms with E-state index < -0.39 is 11.8 Å². The molecule has 0 saturated carbocycles. The first-order valence-electron chi connectivity index (χ1n) is 6.39. The minimum Gasteiger partial charge on any atom is -0.308 e. The van der Waals surface area contributed by atoms with Gasteiger partial charge in [-0.1, -0.05) is 22.9 Å². The van der Waals surface area contributed by atoms with E-state index in [4.69, 9.17) is 11.6 Å². The van der Waals surface area contributed by atoms with E-state index in [0.717, 1.165) is 5.56 Å². The van der Waals surface area contributed by atoms with E-state index in [1.165, 1.54) is 29.5 Å². The molecule has 0 fully saturated rings. The lowest BCUT2D eigenvalue weighted by atomic mass is 10.3. The molecule has 0 aliphatic heterocycles. The van der Waals surface area contributed by atoms with Crippen LogP contribution in [0.15, 0.2) is 42.7 Å². The fourth-order valence-corrected chi connectivity index (χ4v) is 2.64. The number of carbonyl (C=O) groups is 1. The second kappa shape index (κ2) is 6.67. The molecule has 0 spiro atoms. The van der Waals surface area contributed by atoms with Crippen LogP contribution in [0.2, 0.25) is 5.02 Å². The Hall–Kier alpha value is -2.58. The number of urea groups is 1. The fourth-order valence-electron chi connectivity index (χ4n) is 1.72. The van der Waals surface area contributed by atoms with Crippen LogP contribution in [0.5, 0.6) is 0 Å². The molecule has 0 aliphatic carbocycles. The van der Waals surface area contributed by atoms with Crippen LogP contribution < -0.4 is 10.6 Å². The highest BCUT2D eigenvalue weighted by Crippen LogP contribution is 2.26. The van der Waals surface area contributed by atoms with Gasteiger partial charge in [0.25, 0.3) is 0 Å². The molecule has 0 aliphatic rings. The first-order chi connectivity index (χ1) is 11.1. The summed E-state index contributed by atoms with van der Waals surface area (Å²) in [6.45, 7) is 0. The Labute approximate surface area is 139 Å². The maximum absolute atomic E-state index is 13.1. The molecule has 3 rings (SSSR count). The summed E-state index contributed by atoms with van der Waals surface area (Å²) in [5.74, 6) is -0.552. The number of anilines is 2. The lowest BCUT2D eigenvalue weighted by Gasteiger charge is -2.05. The predicted molar refractivity (Wildman–Crippen MR) is 87.2 cm³/mol. The average molecular weight is 350 g/mol. The van der Waals surface area contributed by atoms with Crippen molar-refractivity contribution in [2.24, 2.45) is 0 Å². The average Bonchev–Trinajstić information content (AvgIpc) is 3.00. The summed E-state index contributed by atoms with van der Waals surface area (Å²) in [6.07, 6.45) is 3.30. The van der Waals surface area contributed by atoms with E-state index in [1.807, 2.05) is 0 Å². The molecule has 2 heterocycles. The van der Waals surface area contributed by atoms with Crippen LogP contribution >= 0.6 is 22.9 Å². The van der Waals surface area contributed by atoms with Crippen molar-refractivity contribution in [3.8, 4) is 10.6 Å². The number of hydrogen-bond donors (Lipinski definition) is 2. The second-order valence-corrected chi connectivity index (χ2v) is 5.74. The van der Waals surface area contributed by atoms with E-state index in [2.05, 4.69) is 25.8 Å². The maximum Gasteiger partial charge on any atom is 0.325 e. The summed E-state index contributed by atoms with van der Waals surface area (Å²) >= 11 is 6.88. The van der Waals surface area contributed by atoms with Crippen LogP contribution in [0.1, 0.15) is 0 Å². The Bertz CT molecular complexity index is 842. The number of nitrogens with zero attached hydrogens (tertiary/aromatic N) is 3. The van der Waals surface area contributed by atoms with Crippen molar-refractivity contribution in [3.05, 3.63) is 53.6 Å². The number of benzene rings is 1. The lowest BCUT2D eigenvalue weighted by Crippen LogP contribution is -2.19. The number of aromatic nitrogens is 3. The number of carbonyl (C=O) groups excluding carboxylic acids is 1. The summed E-state index contributed by atoms with van der Waals surface area (Å²) in [6, 6.07) is 6.97. The maximum atomic E-state index is 13.1. The molecule has 3 aromatic rings. The molecular formula is C14H9ClFN5OS. The van der Waals surface area contributed by atoms with E-state index in [9.17, 15) is 9.18 Å². The first-order valence-corrected chi connectivity index (χ1v) is 7.58. The number of nitrogens with one attached hydrogen (secondary N) is 2. The van der Waals surface area contributed by atoms with Gasteiger partial charge in [0.2, 0.25) is 5.13 Å². The zero-order chi connectivity index (χ0) is 16.2. The molecule has 2 N–H and O–H groups in total. The highest BCUT2D eigenvalue weighted by molar-refractivity contribution is 7.18. The number of amides is 2. The molecule has 0 saturated heterocycles. The van der Waals surface area contributed by atoms with E-state index >= 15 is 0 Å². The van der Waals surface area contributed by atoms with Gasteiger partial charge in [-0.2, -0.15) is 0 Å². The van der Waals surface area contributed by atoms with Crippen LogP contribution in [0.25, 0.3) is 10.6 Å². The summed E-state index contributed by atoms with van der Waals surface area (Å²) in [5.41, 5.74) is 1.23. The quantitative estimate of drug-likeness (QED) is 0.748. The van der Waals surface area contributed by atoms with Gasteiger partial charge in [0.15, 0.2) is 0 Å². The zero-order valence-corrected chi connectivity index (χ0v) is 13.0. The minimum atomic E-state index is -0.552. The SMILES string of the molecule is O=C(Nc1ccc(F)c(Cl)c1)Nc1nnc(-c2ccncc2)s1. The molecule has 2 amide bonds. The van der Waals surface area contributed by atoms with E-state index in [-0.39, 0.29) is 5.02 Å². The first kappa shape index (κ1) is 15.3. The molecule has 9 heteroatoms. The van der Waals surface area contributed by atoms with Crippen LogP contribution in [-0.4, -0.2) is 21.2 Å². The largest absolute Gasteiger partial charge is 0.325 e. The van der Waals surface area contributed by atoms with Crippen molar-refractivity contribution in [2.45, 2.75) is 0 Å². The van der Waals surface area contributed by atoms with Crippen LogP contribution in [0, 0.1) is 5.82 Å². The number of rotatable bonds is 3. The zero-order valence-electron chi connectivity index (χ0n) is 11.5. The Balaban J connectivity index is 1.66. The Morgan fingerprint density at radius 3 is 2.65 bits per heavy atom. The standard InChI is InChI=1S/C14H9ClFN5OS/c15-10-7-9(1-2-11(10)16)18-13(22)19-14-21-20-12(23-14)8-3-5-17-6-4-8/h1-7H,(H2,18,19,21,22). The Kier molecular flexibility index (Phi) is 4.45. The molecule has 0 bridgehead atoms. The lowest BCUT2D eigenvalue weighted by molar-refractivity contribution is 0.262. The van der Waals surface area contributed by atoms with Gasteiger partial charge < -0.3 is 5.32 Å². The number of hydrogen-bond acceptors (Lipinski definition) is 5. The molecular weight excluding hydrogens is 341 g/mol. The van der Waals surface area contributed by atoms with Gasteiger partial charge in [0.05, 0.1) is 5.02 Å². The molecule has 0 unspecified atom stereocenters. The summed E-state index contributed by atoms with van der Waals surface area (Å²) in [7, 11) is 0. The summed E-state index contributed by atoms with van der Waals surface area (Å²) < 4.78 is 13.1. The molecule has 0 radical (unpaired) electrons. The molecule has 6 nitrogen and oxygen atoms in total. The molecule has 116 valence electrons. The van der Waals surface area contributed by atoms with Crippen molar-refractivity contribution < 1.29 is 9.18 Å². The van der Waals surface area contributed by atoms with Gasteiger partial charge in [0.1, 0.15) is 10.8 Å². The molecule has 0 atom stereocenters. The third kappa shape index (κ3) is 3.79. The van der Waals surface area contributed by atoms with Crippen molar-refractivity contribution in [1.82, 2.24) is 15.2 Å². The predicted octanol–water partition coefficient (Wildman–Crippen LogP) is 4.04. The van der Waals surface area contributed by atoms with Gasteiger partial charge in [-0.25, -0.2) is 9.18 Å². The van der Waals surface area contributed by atoms with Crippen molar-refractivity contribution in [2.75, 3.05) is 10.6 Å². The van der Waals surface area contributed by atoms with Crippen molar-refractivity contribution >= 4 is 39.8 Å². The molecule has 23 heavy (non-hydrogen) atoms. The van der Waals surface area contributed by atoms with E-state index in [1.54, 1.807) is 24.5 Å². The van der Waals surface area contributed by atoms with Crippen LogP contribution in [0.3, 0.4) is 0 Å². The smallest absolute Gasteiger partial charge is 0.308 e. The third-order valence-electron chi connectivity index (χ3n) is 2.75. The van der Waals surface area contributed by atoms with Crippen molar-refractivity contribution in [3.63, 3.8) is 0 Å². The number of halogens is 2. The number of pyridine rings is 1. The van der Waals surface area contributed by atoms with Gasteiger partial charge in [0, 0.05) is 23.6 Å². The highest BCUT2D eigenvalue weighted by Gasteiger charge is 2.10.